The fraction of sp³-hybridized carbons (Fsp3) is 0.500. The van der Waals surface area contributed by atoms with Gasteiger partial charge < -0.3 is 19.8 Å². The number of nitrogens with two attached hydrogens (primary N) is 1. The predicted octanol–water partition coefficient (Wildman–Crippen LogP) is 2.10. The lowest BCUT2D eigenvalue weighted by molar-refractivity contribution is 0.177. The summed E-state index contributed by atoms with van der Waals surface area (Å²) in [6.07, 6.45) is 1.03. The number of nitrogens with zero attached hydrogens (tertiary/aromatic N) is 2. The van der Waals surface area contributed by atoms with E-state index >= 15 is 0 Å². The van der Waals surface area contributed by atoms with Crippen LogP contribution in [0.3, 0.4) is 0 Å². The Hall–Kier alpha value is -1.59. The summed E-state index contributed by atoms with van der Waals surface area (Å²) >= 11 is 0. The monoisotopic (exact) mass is 263 g/mol. The highest BCUT2D eigenvalue weighted by Gasteiger charge is 2.16. The predicted molar refractivity (Wildman–Crippen MR) is 75.4 cm³/mol. The maximum atomic E-state index is 6.13. The number of hydrogen-bond donors (Lipinski definition) is 1. The summed E-state index contributed by atoms with van der Waals surface area (Å²) in [6, 6.07) is 5.70. The molecule has 104 valence electrons. The Morgan fingerprint density at radius 1 is 1.37 bits per heavy atom. The van der Waals surface area contributed by atoms with Gasteiger partial charge >= 0.3 is 0 Å². The minimum atomic E-state index is -0.213. The number of hydrogen-bond acceptors (Lipinski definition) is 4. The summed E-state index contributed by atoms with van der Waals surface area (Å²) < 4.78 is 12.5. The third-order valence-corrected chi connectivity index (χ3v) is 3.11. The van der Waals surface area contributed by atoms with Gasteiger partial charge in [0, 0.05) is 19.7 Å². The van der Waals surface area contributed by atoms with E-state index in [0.717, 1.165) is 35.6 Å². The molecule has 0 saturated carbocycles. The van der Waals surface area contributed by atoms with E-state index in [1.807, 2.05) is 18.2 Å². The Kier molecular flexibility index (Phi) is 4.39. The van der Waals surface area contributed by atoms with E-state index in [2.05, 4.69) is 16.5 Å². The van der Waals surface area contributed by atoms with Crippen LogP contribution in [-0.2, 0) is 11.3 Å². The highest BCUT2D eigenvalue weighted by atomic mass is 16.5. The number of imidazole rings is 1. The molecule has 5 nitrogen and oxygen atoms in total. The lowest BCUT2D eigenvalue weighted by Gasteiger charge is -2.13. The van der Waals surface area contributed by atoms with Crippen LogP contribution < -0.4 is 10.5 Å². The average Bonchev–Trinajstić information content (AvgIpc) is 2.77. The number of fused-ring (bicyclic) bond motifs is 1. The molecule has 0 amide bonds. The van der Waals surface area contributed by atoms with Crippen molar-refractivity contribution in [2.75, 3.05) is 20.8 Å². The summed E-state index contributed by atoms with van der Waals surface area (Å²) in [5.41, 5.74) is 8.13. The molecule has 0 radical (unpaired) electrons. The molecule has 0 aliphatic carbocycles. The second kappa shape index (κ2) is 6.04. The molecule has 1 aromatic heterocycles. The average molecular weight is 263 g/mol. The van der Waals surface area contributed by atoms with Crippen LogP contribution in [0.4, 0.5) is 0 Å². The van der Waals surface area contributed by atoms with Gasteiger partial charge in [0.2, 0.25) is 0 Å². The maximum Gasteiger partial charge on any atom is 0.129 e. The van der Waals surface area contributed by atoms with Gasteiger partial charge in [0.1, 0.15) is 11.6 Å². The van der Waals surface area contributed by atoms with Crippen LogP contribution in [0.2, 0.25) is 0 Å². The molecule has 1 aromatic carbocycles. The molecule has 5 heteroatoms. The lowest BCUT2D eigenvalue weighted by Crippen LogP contribution is -2.21. The van der Waals surface area contributed by atoms with Crippen LogP contribution in [-0.4, -0.2) is 30.4 Å². The van der Waals surface area contributed by atoms with Crippen molar-refractivity contribution in [2.45, 2.75) is 25.9 Å². The van der Waals surface area contributed by atoms with E-state index in [1.54, 1.807) is 14.2 Å². The summed E-state index contributed by atoms with van der Waals surface area (Å²) in [6.45, 7) is 3.50. The number of benzene rings is 1. The van der Waals surface area contributed by atoms with Crippen LogP contribution in [0.5, 0.6) is 5.75 Å². The maximum absolute atomic E-state index is 6.13. The zero-order valence-electron chi connectivity index (χ0n) is 11.7. The minimum absolute atomic E-state index is 0.213. The van der Waals surface area contributed by atoms with Crippen molar-refractivity contribution in [3.05, 3.63) is 24.0 Å². The SMILES string of the molecule is CCCn1c(C(N)COC)nc2cc(OC)ccc21. The normalized spacial score (nSPS) is 12.8. The van der Waals surface area contributed by atoms with Crippen molar-refractivity contribution in [1.82, 2.24) is 9.55 Å². The Balaban J connectivity index is 2.51. The highest BCUT2D eigenvalue weighted by Crippen LogP contribution is 2.24. The van der Waals surface area contributed by atoms with Gasteiger partial charge in [0.05, 0.1) is 30.8 Å². The van der Waals surface area contributed by atoms with Crippen LogP contribution in [0, 0.1) is 0 Å². The molecule has 19 heavy (non-hydrogen) atoms. The summed E-state index contributed by atoms with van der Waals surface area (Å²) in [4.78, 5) is 4.64. The van der Waals surface area contributed by atoms with Crippen LogP contribution >= 0.6 is 0 Å². The van der Waals surface area contributed by atoms with E-state index in [9.17, 15) is 0 Å². The zero-order chi connectivity index (χ0) is 13.8. The van der Waals surface area contributed by atoms with Crippen molar-refractivity contribution in [3.63, 3.8) is 0 Å². The van der Waals surface area contributed by atoms with Crippen LogP contribution in [0.15, 0.2) is 18.2 Å². The highest BCUT2D eigenvalue weighted by molar-refractivity contribution is 5.78. The molecular weight excluding hydrogens is 242 g/mol. The van der Waals surface area contributed by atoms with E-state index < -0.39 is 0 Å². The number of rotatable bonds is 6. The summed E-state index contributed by atoms with van der Waals surface area (Å²) in [7, 11) is 3.30. The van der Waals surface area contributed by atoms with Gasteiger partial charge in [0.15, 0.2) is 0 Å². The van der Waals surface area contributed by atoms with E-state index in [1.165, 1.54) is 0 Å². The summed E-state index contributed by atoms with van der Waals surface area (Å²) in [5.74, 6) is 1.67. The third kappa shape index (κ3) is 2.72. The lowest BCUT2D eigenvalue weighted by atomic mass is 10.3. The van der Waals surface area contributed by atoms with Crippen molar-refractivity contribution in [3.8, 4) is 5.75 Å². The van der Waals surface area contributed by atoms with Crippen molar-refractivity contribution in [2.24, 2.45) is 5.73 Å². The fourth-order valence-corrected chi connectivity index (χ4v) is 2.25. The van der Waals surface area contributed by atoms with Crippen LogP contribution in [0.1, 0.15) is 25.2 Å². The Labute approximate surface area is 113 Å². The van der Waals surface area contributed by atoms with Crippen molar-refractivity contribution in [1.29, 1.82) is 0 Å². The van der Waals surface area contributed by atoms with E-state index in [-0.39, 0.29) is 6.04 Å². The number of aryl methyl sites for hydroxylation is 1. The Bertz CT molecular complexity index is 551. The molecule has 2 aromatic rings. The number of ether oxygens (including phenoxy) is 2. The van der Waals surface area contributed by atoms with Gasteiger partial charge in [-0.25, -0.2) is 4.98 Å². The largest absolute Gasteiger partial charge is 0.497 e. The molecule has 2 N–H and O–H groups in total. The van der Waals surface area contributed by atoms with Gasteiger partial charge in [-0.3, -0.25) is 0 Å². The molecule has 0 aliphatic rings. The fourth-order valence-electron chi connectivity index (χ4n) is 2.25. The number of aromatic nitrogens is 2. The molecular formula is C14H21N3O2. The Morgan fingerprint density at radius 3 is 2.79 bits per heavy atom. The van der Waals surface area contributed by atoms with Gasteiger partial charge in [-0.1, -0.05) is 6.92 Å². The first-order valence-electron chi connectivity index (χ1n) is 6.50. The van der Waals surface area contributed by atoms with Crippen molar-refractivity contribution >= 4 is 11.0 Å². The smallest absolute Gasteiger partial charge is 0.129 e. The first-order valence-corrected chi connectivity index (χ1v) is 6.50. The molecule has 1 atom stereocenters. The van der Waals surface area contributed by atoms with Crippen molar-refractivity contribution < 1.29 is 9.47 Å². The van der Waals surface area contributed by atoms with Gasteiger partial charge in [0.25, 0.3) is 0 Å². The molecule has 0 bridgehead atoms. The molecule has 2 rings (SSSR count). The molecule has 0 saturated heterocycles. The van der Waals surface area contributed by atoms with Gasteiger partial charge in [-0.05, 0) is 18.6 Å². The van der Waals surface area contributed by atoms with E-state index in [4.69, 9.17) is 15.2 Å². The minimum Gasteiger partial charge on any atom is -0.497 e. The molecule has 0 aliphatic heterocycles. The first-order chi connectivity index (χ1) is 9.21. The second-order valence-corrected chi connectivity index (χ2v) is 4.54. The quantitative estimate of drug-likeness (QED) is 0.867. The molecule has 0 fully saturated rings. The first kappa shape index (κ1) is 13.8. The topological polar surface area (TPSA) is 62.3 Å². The number of methoxy groups -OCH3 is 2. The second-order valence-electron chi connectivity index (χ2n) is 4.54. The molecule has 0 spiro atoms. The van der Waals surface area contributed by atoms with E-state index in [0.29, 0.717) is 6.61 Å². The standard InChI is InChI=1S/C14H21N3O2/c1-4-7-17-13-6-5-10(19-3)8-12(13)16-14(17)11(15)9-18-2/h5-6,8,11H,4,7,9,15H2,1-3H3. The zero-order valence-corrected chi connectivity index (χ0v) is 11.7. The molecule has 1 unspecified atom stereocenters. The summed E-state index contributed by atoms with van der Waals surface area (Å²) in [5, 5.41) is 0. The third-order valence-electron chi connectivity index (χ3n) is 3.11. The van der Waals surface area contributed by atoms with Gasteiger partial charge in [-0.15, -0.1) is 0 Å². The molecule has 1 heterocycles. The van der Waals surface area contributed by atoms with Crippen LogP contribution in [0.25, 0.3) is 11.0 Å². The van der Waals surface area contributed by atoms with Gasteiger partial charge in [-0.2, -0.15) is 0 Å². The Morgan fingerprint density at radius 2 is 2.16 bits per heavy atom.